The lowest BCUT2D eigenvalue weighted by Crippen LogP contribution is -2.14. The molecular weight excluding hydrogens is 254 g/mol. The van der Waals surface area contributed by atoms with Crippen molar-refractivity contribution in [3.05, 3.63) is 42.6 Å². The molecule has 0 aliphatic carbocycles. The molecule has 19 heavy (non-hydrogen) atoms. The molecular formula is C13H12F2N2O2. The topological polar surface area (TPSA) is 44.1 Å². The largest absolute Gasteiger partial charge is 0.464 e. The Kier molecular flexibility index (Phi) is 4.22. The number of benzene rings is 1. The van der Waals surface area contributed by atoms with E-state index in [0.29, 0.717) is 0 Å². The van der Waals surface area contributed by atoms with E-state index in [9.17, 15) is 13.6 Å². The van der Waals surface area contributed by atoms with Gasteiger partial charge in [0.05, 0.1) is 18.3 Å². The molecule has 0 radical (unpaired) electrons. The van der Waals surface area contributed by atoms with Gasteiger partial charge in [-0.3, -0.25) is 9.48 Å². The molecule has 0 bridgehead atoms. The van der Waals surface area contributed by atoms with Crippen LogP contribution < -0.4 is 0 Å². The summed E-state index contributed by atoms with van der Waals surface area (Å²) < 4.78 is 29.8. The maximum Gasteiger partial charge on any atom is 0.327 e. The molecule has 0 fully saturated rings. The third-order valence-electron chi connectivity index (χ3n) is 2.51. The molecule has 0 saturated heterocycles. The Bertz CT molecular complexity index is 603. The zero-order chi connectivity index (χ0) is 13.7. The van der Waals surface area contributed by atoms with Gasteiger partial charge in [0, 0.05) is 11.8 Å². The zero-order valence-corrected chi connectivity index (χ0v) is 10.1. The van der Waals surface area contributed by atoms with Crippen LogP contribution >= 0.6 is 0 Å². The monoisotopic (exact) mass is 266 g/mol. The first kappa shape index (κ1) is 13.2. The highest BCUT2D eigenvalue weighted by atomic mass is 19.3. The van der Waals surface area contributed by atoms with E-state index in [1.54, 1.807) is 6.20 Å². The molecule has 0 saturated carbocycles. The van der Waals surface area contributed by atoms with Crippen LogP contribution in [0.2, 0.25) is 0 Å². The van der Waals surface area contributed by atoms with Crippen LogP contribution in [0, 0.1) is 0 Å². The number of carbonyl (C=O) groups is 1. The highest BCUT2D eigenvalue weighted by molar-refractivity contribution is 5.80. The molecule has 1 heterocycles. The average Bonchev–Trinajstić information content (AvgIpc) is 2.78. The minimum atomic E-state index is -1.77. The number of hydrogen-bond acceptors (Lipinski definition) is 3. The minimum Gasteiger partial charge on any atom is -0.464 e. The third kappa shape index (κ3) is 3.61. The second-order valence-corrected chi connectivity index (χ2v) is 3.86. The van der Waals surface area contributed by atoms with Crippen molar-refractivity contribution >= 4 is 16.9 Å². The first-order chi connectivity index (χ1) is 9.16. The van der Waals surface area contributed by atoms with E-state index < -0.39 is 12.0 Å². The molecule has 0 aliphatic heterocycles. The minimum absolute atomic E-state index is 0.00787. The fourth-order valence-corrected chi connectivity index (χ4v) is 1.66. The van der Waals surface area contributed by atoms with E-state index >= 15 is 0 Å². The van der Waals surface area contributed by atoms with Gasteiger partial charge >= 0.3 is 5.97 Å². The second kappa shape index (κ2) is 6.08. The number of nitrogens with zero attached hydrogens (tertiary/aromatic N) is 2. The summed E-state index contributed by atoms with van der Waals surface area (Å²) >= 11 is 0. The van der Waals surface area contributed by atoms with Crippen molar-refractivity contribution in [1.29, 1.82) is 0 Å². The quantitative estimate of drug-likeness (QED) is 0.617. The lowest BCUT2D eigenvalue weighted by molar-refractivity contribution is -0.144. The molecule has 0 amide bonds. The van der Waals surface area contributed by atoms with E-state index in [1.165, 1.54) is 4.68 Å². The molecule has 0 aliphatic rings. The first-order valence-corrected chi connectivity index (χ1v) is 5.74. The Hall–Kier alpha value is -2.24. The molecule has 1 aromatic carbocycles. The fourth-order valence-electron chi connectivity index (χ4n) is 1.66. The van der Waals surface area contributed by atoms with Gasteiger partial charge in [0.25, 0.3) is 6.08 Å². The van der Waals surface area contributed by atoms with E-state index in [4.69, 9.17) is 4.74 Å². The van der Waals surface area contributed by atoms with Gasteiger partial charge in [-0.05, 0) is 12.1 Å². The van der Waals surface area contributed by atoms with Crippen LogP contribution in [-0.4, -0.2) is 22.4 Å². The van der Waals surface area contributed by atoms with Crippen molar-refractivity contribution < 1.29 is 18.3 Å². The summed E-state index contributed by atoms with van der Waals surface area (Å²) in [7, 11) is 0. The normalized spacial score (nSPS) is 10.4. The zero-order valence-electron chi connectivity index (χ0n) is 10.1. The van der Waals surface area contributed by atoms with Gasteiger partial charge in [0.2, 0.25) is 0 Å². The van der Waals surface area contributed by atoms with Crippen LogP contribution in [0.1, 0.15) is 6.42 Å². The van der Waals surface area contributed by atoms with Gasteiger partial charge in [-0.2, -0.15) is 13.9 Å². The summed E-state index contributed by atoms with van der Waals surface area (Å²) in [6.07, 6.45) is 0.614. The molecule has 100 valence electrons. The van der Waals surface area contributed by atoms with Gasteiger partial charge in [-0.25, -0.2) is 0 Å². The van der Waals surface area contributed by atoms with Crippen molar-refractivity contribution in [2.75, 3.05) is 6.61 Å². The predicted octanol–water partition coefficient (Wildman–Crippen LogP) is 2.75. The number of halogens is 2. The van der Waals surface area contributed by atoms with Crippen molar-refractivity contribution in [2.24, 2.45) is 0 Å². The molecule has 0 spiro atoms. The summed E-state index contributed by atoms with van der Waals surface area (Å²) in [5, 5.41) is 5.00. The Morgan fingerprint density at radius 1 is 1.37 bits per heavy atom. The Balaban J connectivity index is 1.90. The number of hydrogen-bond donors (Lipinski definition) is 0. The van der Waals surface area contributed by atoms with Crippen LogP contribution in [0.15, 0.2) is 42.6 Å². The lowest BCUT2D eigenvalue weighted by atomic mass is 10.3. The smallest absolute Gasteiger partial charge is 0.327 e. The summed E-state index contributed by atoms with van der Waals surface area (Å²) in [4.78, 5) is 11.5. The van der Waals surface area contributed by atoms with Crippen LogP contribution in [0.4, 0.5) is 8.78 Å². The summed E-state index contributed by atoms with van der Waals surface area (Å²) in [6.45, 7) is -0.0926. The van der Waals surface area contributed by atoms with Gasteiger partial charge in [-0.15, -0.1) is 0 Å². The van der Waals surface area contributed by atoms with E-state index in [2.05, 4.69) is 5.10 Å². The van der Waals surface area contributed by atoms with Gasteiger partial charge in [0.1, 0.15) is 6.54 Å². The maximum atomic E-state index is 11.7. The van der Waals surface area contributed by atoms with Crippen LogP contribution in [0.25, 0.3) is 10.9 Å². The Labute approximate surface area is 108 Å². The molecule has 0 unspecified atom stereocenters. The SMILES string of the molecule is O=C(Cn1ncc2ccccc21)OCCC=C(F)F. The summed E-state index contributed by atoms with van der Waals surface area (Å²) in [5.74, 6) is -0.499. The molecule has 6 heteroatoms. The predicted molar refractivity (Wildman–Crippen MR) is 65.6 cm³/mol. The van der Waals surface area contributed by atoms with E-state index in [1.807, 2.05) is 24.3 Å². The molecule has 0 N–H and O–H groups in total. The highest BCUT2D eigenvalue weighted by Crippen LogP contribution is 2.12. The van der Waals surface area contributed by atoms with Crippen LogP contribution in [-0.2, 0) is 16.1 Å². The van der Waals surface area contributed by atoms with Gasteiger partial charge in [-0.1, -0.05) is 18.2 Å². The van der Waals surface area contributed by atoms with Crippen molar-refractivity contribution in [3.8, 4) is 0 Å². The average molecular weight is 266 g/mol. The van der Waals surface area contributed by atoms with Crippen molar-refractivity contribution in [2.45, 2.75) is 13.0 Å². The lowest BCUT2D eigenvalue weighted by Gasteiger charge is -2.04. The number of rotatable bonds is 5. The molecule has 2 aromatic rings. The van der Waals surface area contributed by atoms with E-state index in [-0.39, 0.29) is 19.6 Å². The summed E-state index contributed by atoms with van der Waals surface area (Å²) in [5.41, 5.74) is 0.828. The highest BCUT2D eigenvalue weighted by Gasteiger charge is 2.07. The molecule has 4 nitrogen and oxygen atoms in total. The number of ether oxygens (including phenoxy) is 1. The summed E-state index contributed by atoms with van der Waals surface area (Å²) in [6, 6.07) is 7.46. The second-order valence-electron chi connectivity index (χ2n) is 3.86. The number of esters is 1. The van der Waals surface area contributed by atoms with Crippen molar-refractivity contribution in [1.82, 2.24) is 9.78 Å². The van der Waals surface area contributed by atoms with Crippen LogP contribution in [0.5, 0.6) is 0 Å². The Morgan fingerprint density at radius 3 is 2.95 bits per heavy atom. The maximum absolute atomic E-state index is 11.7. The van der Waals surface area contributed by atoms with Gasteiger partial charge in [0.15, 0.2) is 0 Å². The number of carbonyl (C=O) groups excluding carboxylic acids is 1. The number of para-hydroxylation sites is 1. The number of fused-ring (bicyclic) bond motifs is 1. The van der Waals surface area contributed by atoms with Gasteiger partial charge < -0.3 is 4.74 Å². The third-order valence-corrected chi connectivity index (χ3v) is 2.51. The molecule has 2 rings (SSSR count). The Morgan fingerprint density at radius 2 is 2.16 bits per heavy atom. The molecule has 0 atom stereocenters. The van der Waals surface area contributed by atoms with Crippen molar-refractivity contribution in [3.63, 3.8) is 0 Å². The van der Waals surface area contributed by atoms with Crippen LogP contribution in [0.3, 0.4) is 0 Å². The first-order valence-electron chi connectivity index (χ1n) is 5.74. The number of aromatic nitrogens is 2. The fraction of sp³-hybridized carbons (Fsp3) is 0.231. The van der Waals surface area contributed by atoms with E-state index in [0.717, 1.165) is 17.0 Å². The standard InChI is InChI=1S/C13H12F2N2O2/c14-12(15)6-3-7-19-13(18)9-17-11-5-2-1-4-10(11)8-16-17/h1-2,4-6,8H,3,7,9H2. The molecule has 1 aromatic heterocycles.